The van der Waals surface area contributed by atoms with Gasteiger partial charge in [0.25, 0.3) is 0 Å². The van der Waals surface area contributed by atoms with Gasteiger partial charge in [-0.1, -0.05) is 23.7 Å². The minimum atomic E-state index is -3.69. The van der Waals surface area contributed by atoms with Crippen LogP contribution in [0.5, 0.6) is 0 Å². The van der Waals surface area contributed by atoms with Gasteiger partial charge in [0.05, 0.1) is 5.69 Å². The van der Waals surface area contributed by atoms with Crippen LogP contribution in [0.25, 0.3) is 0 Å². The van der Waals surface area contributed by atoms with Crippen LogP contribution in [0, 0.1) is 6.92 Å². The summed E-state index contributed by atoms with van der Waals surface area (Å²) in [6.45, 7) is 1.83. The third-order valence-corrected chi connectivity index (χ3v) is 5.83. The number of halogens is 1. The van der Waals surface area contributed by atoms with Crippen molar-refractivity contribution in [1.82, 2.24) is 14.5 Å². The summed E-state index contributed by atoms with van der Waals surface area (Å²) >= 11 is 7.64. The third kappa shape index (κ3) is 3.60. The largest absolute Gasteiger partial charge is 0.255 e. The number of hydrogen-bond acceptors (Lipinski definition) is 4. The van der Waals surface area contributed by atoms with E-state index in [2.05, 4.69) is 9.82 Å². The van der Waals surface area contributed by atoms with Crippen molar-refractivity contribution >= 4 is 33.4 Å². The molecule has 0 saturated heterocycles. The number of nitrogens with zero attached hydrogens (tertiary/aromatic N) is 2. The zero-order valence-electron chi connectivity index (χ0n) is 11.9. The zero-order chi connectivity index (χ0) is 15.6. The molecular weight excluding hydrogens is 330 g/mol. The average Bonchev–Trinajstić information content (AvgIpc) is 2.71. The molecule has 21 heavy (non-hydrogen) atoms. The highest BCUT2D eigenvalue weighted by Crippen LogP contribution is 2.24. The monoisotopic (exact) mass is 345 g/mol. The molecule has 0 aliphatic heterocycles. The molecule has 1 heterocycles. The van der Waals surface area contributed by atoms with Crippen molar-refractivity contribution in [3.63, 3.8) is 0 Å². The molecule has 5 nitrogen and oxygen atoms in total. The number of hydrogen-bond donors (Lipinski definition) is 1. The molecular formula is C13H16ClN3O2S2. The van der Waals surface area contributed by atoms with Crippen LogP contribution in [0.4, 0.5) is 0 Å². The van der Waals surface area contributed by atoms with E-state index in [0.717, 1.165) is 10.5 Å². The molecule has 0 aliphatic carbocycles. The van der Waals surface area contributed by atoms with Gasteiger partial charge in [0.15, 0.2) is 0 Å². The van der Waals surface area contributed by atoms with Crippen molar-refractivity contribution in [2.75, 3.05) is 6.26 Å². The third-order valence-electron chi connectivity index (χ3n) is 2.99. The Morgan fingerprint density at radius 1 is 1.33 bits per heavy atom. The Balaban J connectivity index is 2.17. The molecule has 0 spiro atoms. The fraction of sp³-hybridized carbons (Fsp3) is 0.308. The first kappa shape index (κ1) is 16.4. The highest BCUT2D eigenvalue weighted by Gasteiger charge is 2.24. The van der Waals surface area contributed by atoms with Crippen molar-refractivity contribution in [2.45, 2.75) is 23.3 Å². The molecule has 8 heteroatoms. The summed E-state index contributed by atoms with van der Waals surface area (Å²) in [5, 5.41) is 4.13. The van der Waals surface area contributed by atoms with E-state index in [9.17, 15) is 8.42 Å². The van der Waals surface area contributed by atoms with Gasteiger partial charge in [-0.15, -0.1) is 11.8 Å². The van der Waals surface area contributed by atoms with Crippen LogP contribution in [-0.4, -0.2) is 24.5 Å². The normalized spacial score (nSPS) is 11.8. The van der Waals surface area contributed by atoms with E-state index in [4.69, 9.17) is 11.6 Å². The van der Waals surface area contributed by atoms with E-state index in [1.54, 1.807) is 25.7 Å². The van der Waals surface area contributed by atoms with Crippen LogP contribution in [0.15, 0.2) is 34.1 Å². The van der Waals surface area contributed by atoms with Gasteiger partial charge >= 0.3 is 0 Å². The highest BCUT2D eigenvalue weighted by atomic mass is 35.5. The minimum Gasteiger partial charge on any atom is -0.255 e. The summed E-state index contributed by atoms with van der Waals surface area (Å²) in [6.07, 6.45) is 1.99. The lowest BCUT2D eigenvalue weighted by molar-refractivity contribution is 0.580. The van der Waals surface area contributed by atoms with Gasteiger partial charge in [0.2, 0.25) is 10.0 Å². The number of sulfonamides is 1. The van der Waals surface area contributed by atoms with E-state index in [1.807, 2.05) is 30.5 Å². The van der Waals surface area contributed by atoms with Gasteiger partial charge in [0, 0.05) is 18.5 Å². The quantitative estimate of drug-likeness (QED) is 0.846. The topological polar surface area (TPSA) is 64.0 Å². The van der Waals surface area contributed by atoms with E-state index in [1.165, 1.54) is 4.68 Å². The lowest BCUT2D eigenvalue weighted by atomic mass is 10.2. The summed E-state index contributed by atoms with van der Waals surface area (Å²) in [7, 11) is -2.08. The number of rotatable bonds is 5. The maximum absolute atomic E-state index is 12.3. The molecule has 0 atom stereocenters. The molecule has 2 rings (SSSR count). The van der Waals surface area contributed by atoms with Crippen LogP contribution in [0.2, 0.25) is 5.15 Å². The molecule has 0 amide bonds. The van der Waals surface area contributed by atoms with Crippen molar-refractivity contribution in [1.29, 1.82) is 0 Å². The second-order valence-electron chi connectivity index (χ2n) is 4.50. The van der Waals surface area contributed by atoms with Gasteiger partial charge in [0.1, 0.15) is 10.0 Å². The van der Waals surface area contributed by atoms with Crippen molar-refractivity contribution < 1.29 is 8.42 Å². The first-order chi connectivity index (χ1) is 9.85. The Kier molecular flexibility index (Phi) is 4.98. The lowest BCUT2D eigenvalue weighted by Crippen LogP contribution is -2.23. The molecule has 0 aliphatic rings. The second kappa shape index (κ2) is 6.39. The molecule has 0 unspecified atom stereocenters. The summed E-state index contributed by atoms with van der Waals surface area (Å²) in [4.78, 5) is 1.17. The number of thioether (sulfide) groups is 1. The Morgan fingerprint density at radius 2 is 1.95 bits per heavy atom. The van der Waals surface area contributed by atoms with Crippen molar-refractivity contribution in [2.24, 2.45) is 7.05 Å². The number of aryl methyl sites for hydroxylation is 2. The predicted octanol–water partition coefficient (Wildman–Crippen LogP) is 2.58. The Labute approximate surface area is 133 Å². The maximum atomic E-state index is 12.3. The highest BCUT2D eigenvalue weighted by molar-refractivity contribution is 7.98. The Morgan fingerprint density at radius 3 is 2.43 bits per heavy atom. The van der Waals surface area contributed by atoms with Crippen LogP contribution in [0.1, 0.15) is 11.3 Å². The van der Waals surface area contributed by atoms with E-state index >= 15 is 0 Å². The SMILES string of the molecule is CSc1ccc(CNS(=O)(=O)c2c(C)nn(C)c2Cl)cc1. The molecule has 0 saturated carbocycles. The predicted molar refractivity (Wildman–Crippen MR) is 85.2 cm³/mol. The molecule has 0 fully saturated rings. The van der Waals surface area contributed by atoms with Crippen LogP contribution in [-0.2, 0) is 23.6 Å². The molecule has 114 valence electrons. The standard InChI is InChI=1S/C13H16ClN3O2S2/c1-9-12(13(14)17(2)16-9)21(18,19)15-8-10-4-6-11(20-3)7-5-10/h4-7,15H,8H2,1-3H3. The summed E-state index contributed by atoms with van der Waals surface area (Å²) in [6, 6.07) is 7.70. The Bertz CT molecular complexity index is 740. The molecule has 1 aromatic heterocycles. The van der Waals surface area contributed by atoms with Gasteiger partial charge < -0.3 is 0 Å². The Hall–Kier alpha value is -1.02. The van der Waals surface area contributed by atoms with E-state index in [-0.39, 0.29) is 16.6 Å². The van der Waals surface area contributed by atoms with E-state index < -0.39 is 10.0 Å². The van der Waals surface area contributed by atoms with Crippen LogP contribution >= 0.6 is 23.4 Å². The van der Waals surface area contributed by atoms with Crippen molar-refractivity contribution in [3.8, 4) is 0 Å². The van der Waals surface area contributed by atoms with Gasteiger partial charge in [-0.05, 0) is 30.9 Å². The fourth-order valence-corrected chi connectivity index (χ4v) is 4.08. The molecule has 1 N–H and O–H groups in total. The van der Waals surface area contributed by atoms with Gasteiger partial charge in [-0.2, -0.15) is 5.10 Å². The number of benzene rings is 1. The first-order valence-electron chi connectivity index (χ1n) is 6.17. The number of nitrogens with one attached hydrogen (secondary N) is 1. The second-order valence-corrected chi connectivity index (χ2v) is 7.44. The summed E-state index contributed by atoms with van der Waals surface area (Å²) in [5.41, 5.74) is 1.27. The van der Waals surface area contributed by atoms with Crippen LogP contribution < -0.4 is 4.72 Å². The molecule has 0 bridgehead atoms. The lowest BCUT2D eigenvalue weighted by Gasteiger charge is -2.07. The maximum Gasteiger partial charge on any atom is 0.245 e. The van der Waals surface area contributed by atoms with Crippen molar-refractivity contribution in [3.05, 3.63) is 40.7 Å². The van der Waals surface area contributed by atoms with Crippen LogP contribution in [0.3, 0.4) is 0 Å². The first-order valence-corrected chi connectivity index (χ1v) is 9.25. The molecule has 2 aromatic rings. The van der Waals surface area contributed by atoms with Gasteiger partial charge in [-0.25, -0.2) is 13.1 Å². The minimum absolute atomic E-state index is 0.0346. The number of aromatic nitrogens is 2. The summed E-state index contributed by atoms with van der Waals surface area (Å²) < 4.78 is 28.6. The average molecular weight is 346 g/mol. The smallest absolute Gasteiger partial charge is 0.245 e. The molecule has 1 aromatic carbocycles. The summed E-state index contributed by atoms with van der Waals surface area (Å²) in [5.74, 6) is 0. The fourth-order valence-electron chi connectivity index (χ4n) is 1.91. The van der Waals surface area contributed by atoms with E-state index in [0.29, 0.717) is 5.69 Å². The zero-order valence-corrected chi connectivity index (χ0v) is 14.3. The van der Waals surface area contributed by atoms with Gasteiger partial charge in [-0.3, -0.25) is 4.68 Å². The molecule has 0 radical (unpaired) electrons.